The molecule has 0 spiro atoms. The summed E-state index contributed by atoms with van der Waals surface area (Å²) in [6.07, 6.45) is 1.20. The van der Waals surface area contributed by atoms with Gasteiger partial charge in [-0.3, -0.25) is 4.79 Å². The van der Waals surface area contributed by atoms with Gasteiger partial charge in [0, 0.05) is 20.9 Å². The monoisotopic (exact) mass is 643 g/mol. The van der Waals surface area contributed by atoms with E-state index < -0.39 is 12.1 Å². The lowest BCUT2D eigenvalue weighted by Gasteiger charge is -2.18. The van der Waals surface area contributed by atoms with E-state index in [0.29, 0.717) is 49.2 Å². The van der Waals surface area contributed by atoms with Gasteiger partial charge in [-0.2, -0.15) is 9.78 Å². The predicted molar refractivity (Wildman–Crippen MR) is 137 cm³/mol. The molecule has 2 aromatic carbocycles. The molecule has 33 heavy (non-hydrogen) atoms. The zero-order chi connectivity index (χ0) is 24.3. The van der Waals surface area contributed by atoms with E-state index in [1.54, 1.807) is 25.1 Å². The molecule has 0 radical (unpaired) electrons. The Morgan fingerprint density at radius 1 is 1.21 bits per heavy atom. The smallest absolute Gasteiger partial charge is 0.346 e. The third-order valence-corrected chi connectivity index (χ3v) is 7.34. The molecule has 0 saturated carbocycles. The molecule has 0 unspecified atom stereocenters. The van der Waals surface area contributed by atoms with E-state index in [2.05, 4.69) is 57.9 Å². The summed E-state index contributed by atoms with van der Waals surface area (Å²) in [5.74, 6) is 0.696. The minimum atomic E-state index is -0.847. The van der Waals surface area contributed by atoms with Crippen molar-refractivity contribution in [1.29, 1.82) is 0 Å². The maximum Gasteiger partial charge on any atom is 0.346 e. The van der Waals surface area contributed by atoms with Crippen molar-refractivity contribution in [2.24, 2.45) is 5.10 Å². The number of carbonyl (C=O) groups is 1. The molecular formula is C22H20Br3N3O5. The highest BCUT2D eigenvalue weighted by Gasteiger charge is 2.22. The van der Waals surface area contributed by atoms with Gasteiger partial charge in [0.25, 0.3) is 5.56 Å². The molecule has 0 aliphatic rings. The number of carbonyl (C=O) groups excluding carboxylic acids is 1. The van der Waals surface area contributed by atoms with E-state index >= 15 is 0 Å². The summed E-state index contributed by atoms with van der Waals surface area (Å²) in [5.41, 5.74) is 0.946. The number of aromatic nitrogens is 2. The average molecular weight is 646 g/mol. The number of methoxy groups -OCH3 is 2. The van der Waals surface area contributed by atoms with Crippen molar-refractivity contribution in [3.8, 4) is 11.5 Å². The van der Waals surface area contributed by atoms with Crippen LogP contribution in [0.15, 0.2) is 47.6 Å². The lowest BCUT2D eigenvalue weighted by Crippen LogP contribution is -2.25. The number of fused-ring (bicyclic) bond motifs is 1. The van der Waals surface area contributed by atoms with Gasteiger partial charge in [-0.15, -0.1) is 0 Å². The molecule has 0 N–H and O–H groups in total. The van der Waals surface area contributed by atoms with Crippen LogP contribution in [0.5, 0.6) is 11.5 Å². The zero-order valence-electron chi connectivity index (χ0n) is 18.2. The van der Waals surface area contributed by atoms with Crippen LogP contribution < -0.4 is 15.0 Å². The summed E-state index contributed by atoms with van der Waals surface area (Å²) in [6.45, 7) is 3.48. The van der Waals surface area contributed by atoms with E-state index in [4.69, 9.17) is 14.2 Å². The van der Waals surface area contributed by atoms with Gasteiger partial charge in [0.2, 0.25) is 0 Å². The molecule has 1 heterocycles. The van der Waals surface area contributed by atoms with Gasteiger partial charge in [0.1, 0.15) is 5.82 Å². The molecule has 0 fully saturated rings. The molecule has 11 heteroatoms. The Morgan fingerprint density at radius 2 is 1.94 bits per heavy atom. The van der Waals surface area contributed by atoms with E-state index in [-0.39, 0.29) is 5.56 Å². The van der Waals surface area contributed by atoms with Crippen molar-refractivity contribution >= 4 is 70.9 Å². The fourth-order valence-electron chi connectivity index (χ4n) is 3.01. The van der Waals surface area contributed by atoms with Gasteiger partial charge in [-0.25, -0.2) is 9.78 Å². The van der Waals surface area contributed by atoms with Crippen LogP contribution in [0.1, 0.15) is 25.2 Å². The first kappa shape index (κ1) is 25.4. The largest absolute Gasteiger partial charge is 0.493 e. The first-order valence-corrected chi connectivity index (χ1v) is 12.2. The molecule has 0 saturated heterocycles. The molecule has 3 aromatic rings. The van der Waals surface area contributed by atoms with Crippen LogP contribution in [0.25, 0.3) is 10.9 Å². The highest BCUT2D eigenvalue weighted by Crippen LogP contribution is 2.42. The van der Waals surface area contributed by atoms with Gasteiger partial charge in [-0.05, 0) is 63.0 Å². The highest BCUT2D eigenvalue weighted by molar-refractivity contribution is 9.13. The van der Waals surface area contributed by atoms with Crippen LogP contribution in [0.4, 0.5) is 0 Å². The summed E-state index contributed by atoms with van der Waals surface area (Å²) >= 11 is 10.4. The minimum absolute atomic E-state index is 0.275. The Bertz CT molecular complexity index is 1310. The molecule has 0 aliphatic heterocycles. The first-order valence-electron chi connectivity index (χ1n) is 9.77. The van der Waals surface area contributed by atoms with Crippen molar-refractivity contribution in [3.05, 3.63) is 59.4 Å². The van der Waals surface area contributed by atoms with Crippen molar-refractivity contribution in [2.45, 2.75) is 26.4 Å². The van der Waals surface area contributed by atoms with Crippen LogP contribution in [-0.2, 0) is 16.0 Å². The van der Waals surface area contributed by atoms with Crippen molar-refractivity contribution < 1.29 is 19.0 Å². The summed E-state index contributed by atoms with van der Waals surface area (Å²) in [6, 6.07) is 7.04. The Hall–Kier alpha value is -2.24. The van der Waals surface area contributed by atoms with Gasteiger partial charge >= 0.3 is 5.97 Å². The van der Waals surface area contributed by atoms with E-state index in [0.717, 1.165) is 4.47 Å². The third kappa shape index (κ3) is 5.30. The van der Waals surface area contributed by atoms with Crippen LogP contribution in [0.2, 0.25) is 0 Å². The summed E-state index contributed by atoms with van der Waals surface area (Å²) in [4.78, 5) is 29.4. The standard InChI is InChI=1S/C22H20Br3N3O5/c1-5-17-27-15-7-6-13(23)9-14(15)21(29)28(17)26-10-12-8-16(31-3)20(19(25)18(12)24)33-11(2)22(30)32-4/h6-11H,5H2,1-4H3/t11-/m1/s1. The van der Waals surface area contributed by atoms with Crippen molar-refractivity contribution in [2.75, 3.05) is 14.2 Å². The number of aryl methyl sites for hydroxylation is 1. The predicted octanol–water partition coefficient (Wildman–Crippen LogP) is 5.08. The van der Waals surface area contributed by atoms with E-state index in [9.17, 15) is 9.59 Å². The number of halogens is 3. The SMILES string of the molecule is CCc1nc2ccc(Br)cc2c(=O)n1N=Cc1cc(OC)c(O[C@H](C)C(=O)OC)c(Br)c1Br. The molecule has 0 amide bonds. The summed E-state index contributed by atoms with van der Waals surface area (Å²) in [5, 5.41) is 4.87. The highest BCUT2D eigenvalue weighted by atomic mass is 79.9. The Balaban J connectivity index is 2.08. The molecule has 8 nitrogen and oxygen atoms in total. The lowest BCUT2D eigenvalue weighted by atomic mass is 10.2. The molecule has 0 aliphatic carbocycles. The number of ether oxygens (including phenoxy) is 3. The van der Waals surface area contributed by atoms with Gasteiger partial charge in [0.05, 0.1) is 35.8 Å². The maximum absolute atomic E-state index is 13.1. The molecule has 3 rings (SSSR count). The van der Waals surface area contributed by atoms with Crippen molar-refractivity contribution in [3.63, 3.8) is 0 Å². The summed E-state index contributed by atoms with van der Waals surface area (Å²) in [7, 11) is 2.77. The molecule has 1 atom stereocenters. The summed E-state index contributed by atoms with van der Waals surface area (Å²) < 4.78 is 19.1. The van der Waals surface area contributed by atoms with E-state index in [1.165, 1.54) is 25.1 Å². The van der Waals surface area contributed by atoms with Crippen LogP contribution in [-0.4, -0.2) is 42.2 Å². The molecule has 174 valence electrons. The fraction of sp³-hybridized carbons (Fsp3) is 0.273. The lowest BCUT2D eigenvalue weighted by molar-refractivity contribution is -0.147. The van der Waals surface area contributed by atoms with Crippen LogP contribution >= 0.6 is 47.8 Å². The van der Waals surface area contributed by atoms with Crippen LogP contribution in [0.3, 0.4) is 0 Å². The Labute approximate surface area is 215 Å². The minimum Gasteiger partial charge on any atom is -0.493 e. The zero-order valence-corrected chi connectivity index (χ0v) is 22.9. The molecule has 1 aromatic heterocycles. The Kier molecular flexibility index (Phi) is 8.30. The second-order valence-corrected chi connectivity index (χ2v) is 9.31. The number of hydrogen-bond acceptors (Lipinski definition) is 7. The van der Waals surface area contributed by atoms with Crippen molar-refractivity contribution in [1.82, 2.24) is 9.66 Å². The topological polar surface area (TPSA) is 92.0 Å². The average Bonchev–Trinajstić information content (AvgIpc) is 2.81. The van der Waals surface area contributed by atoms with Gasteiger partial charge < -0.3 is 14.2 Å². The van der Waals surface area contributed by atoms with E-state index in [1.807, 2.05) is 13.0 Å². The maximum atomic E-state index is 13.1. The van der Waals surface area contributed by atoms with Gasteiger partial charge in [0.15, 0.2) is 17.6 Å². The number of nitrogens with zero attached hydrogens (tertiary/aromatic N) is 3. The normalized spacial score (nSPS) is 12.2. The number of esters is 1. The first-order chi connectivity index (χ1) is 15.7. The quantitative estimate of drug-likeness (QED) is 0.263. The molecular weight excluding hydrogens is 626 g/mol. The molecule has 0 bridgehead atoms. The fourth-order valence-corrected chi connectivity index (χ4v) is 4.29. The third-order valence-electron chi connectivity index (χ3n) is 4.71. The number of rotatable bonds is 7. The number of benzene rings is 2. The van der Waals surface area contributed by atoms with Gasteiger partial charge in [-0.1, -0.05) is 22.9 Å². The second-order valence-electron chi connectivity index (χ2n) is 6.81. The second kappa shape index (κ2) is 10.8. The Morgan fingerprint density at radius 3 is 2.58 bits per heavy atom. The van der Waals surface area contributed by atoms with Crippen LogP contribution in [0, 0.1) is 0 Å². The number of hydrogen-bond donors (Lipinski definition) is 0.